The second-order valence-corrected chi connectivity index (χ2v) is 7.01. The van der Waals surface area contributed by atoms with Crippen LogP contribution in [0.3, 0.4) is 0 Å². The van der Waals surface area contributed by atoms with Gasteiger partial charge in [0.25, 0.3) is 0 Å². The molecule has 0 spiro atoms. The molecule has 1 saturated heterocycles. The quantitative estimate of drug-likeness (QED) is 0.773. The van der Waals surface area contributed by atoms with Crippen molar-refractivity contribution in [2.45, 2.75) is 17.1 Å². The summed E-state index contributed by atoms with van der Waals surface area (Å²) >= 11 is 0. The van der Waals surface area contributed by atoms with E-state index in [1.54, 1.807) is 19.1 Å². The van der Waals surface area contributed by atoms with Crippen LogP contribution in [0.1, 0.15) is 6.92 Å². The molecule has 21 heavy (non-hydrogen) atoms. The molecule has 1 aromatic rings. The minimum absolute atomic E-state index is 0.00576. The van der Waals surface area contributed by atoms with Crippen LogP contribution in [0, 0.1) is 0 Å². The smallest absolute Gasteiger partial charge is 0.248 e. The molecule has 0 saturated carbocycles. The third-order valence-corrected chi connectivity index (χ3v) is 5.56. The largest absolute Gasteiger partial charge is 0.497 e. The summed E-state index contributed by atoms with van der Waals surface area (Å²) < 4.78 is 34.8. The molecule has 1 aromatic carbocycles. The fourth-order valence-corrected chi connectivity index (χ4v) is 3.73. The number of ether oxygens (including phenoxy) is 2. The lowest BCUT2D eigenvalue weighted by molar-refractivity contribution is -0.139. The maximum Gasteiger partial charge on any atom is 0.248 e. The van der Waals surface area contributed by atoms with Crippen molar-refractivity contribution in [1.29, 1.82) is 0 Å². The number of carbonyl (C=O) groups excluding carboxylic acids is 1. The highest BCUT2D eigenvalue weighted by Gasteiger charge is 2.40. The minimum Gasteiger partial charge on any atom is -0.497 e. The Morgan fingerprint density at radius 2 is 1.90 bits per heavy atom. The Morgan fingerprint density at radius 1 is 1.29 bits per heavy atom. The topological polar surface area (TPSA) is 72.9 Å². The molecule has 1 fully saturated rings. The van der Waals surface area contributed by atoms with Gasteiger partial charge in [0.2, 0.25) is 5.91 Å². The van der Waals surface area contributed by atoms with Gasteiger partial charge in [-0.2, -0.15) is 0 Å². The molecule has 0 unspecified atom stereocenters. The average molecular weight is 313 g/mol. The van der Waals surface area contributed by atoms with E-state index in [0.717, 1.165) is 0 Å². The van der Waals surface area contributed by atoms with Crippen LogP contribution in [0.25, 0.3) is 0 Å². The van der Waals surface area contributed by atoms with Gasteiger partial charge in [0.05, 0.1) is 12.0 Å². The summed E-state index contributed by atoms with van der Waals surface area (Å²) in [5.74, 6) is 0.439. The molecule has 1 aliphatic heterocycles. The van der Waals surface area contributed by atoms with Crippen molar-refractivity contribution < 1.29 is 22.7 Å². The van der Waals surface area contributed by atoms with Gasteiger partial charge in [-0.3, -0.25) is 4.79 Å². The molecule has 0 atom stereocenters. The van der Waals surface area contributed by atoms with Crippen LogP contribution < -0.4 is 4.74 Å². The van der Waals surface area contributed by atoms with Gasteiger partial charge < -0.3 is 14.4 Å². The molecule has 1 aliphatic rings. The van der Waals surface area contributed by atoms with Crippen molar-refractivity contribution in [2.75, 3.05) is 33.4 Å². The third-order valence-electron chi connectivity index (χ3n) is 3.46. The van der Waals surface area contributed by atoms with Crippen molar-refractivity contribution in [2.24, 2.45) is 0 Å². The zero-order valence-electron chi connectivity index (χ0n) is 12.1. The summed E-state index contributed by atoms with van der Waals surface area (Å²) in [6.45, 7) is 2.72. The first-order valence-electron chi connectivity index (χ1n) is 6.72. The van der Waals surface area contributed by atoms with E-state index >= 15 is 0 Å². The predicted octanol–water partition coefficient (Wildman–Crippen LogP) is 0.716. The number of carbonyl (C=O) groups is 1. The Kier molecular flexibility index (Phi) is 4.84. The van der Waals surface area contributed by atoms with E-state index in [0.29, 0.717) is 12.4 Å². The van der Waals surface area contributed by atoms with Crippen LogP contribution in [-0.2, 0) is 19.4 Å². The maximum absolute atomic E-state index is 12.4. The standard InChI is InChI=1S/C14H19NO5S/c1-3-20-10-14(16)15-8-13(9-15)21(17,18)12-6-4-11(19-2)5-7-12/h4-7,13H,3,8-10H2,1-2H3. The molecule has 1 amide bonds. The maximum atomic E-state index is 12.4. The van der Waals surface area contributed by atoms with Crippen molar-refractivity contribution >= 4 is 15.7 Å². The van der Waals surface area contributed by atoms with Crippen LogP contribution in [0.15, 0.2) is 29.2 Å². The second kappa shape index (κ2) is 6.44. The minimum atomic E-state index is -3.40. The van der Waals surface area contributed by atoms with E-state index in [-0.39, 0.29) is 30.5 Å². The molecule has 0 aromatic heterocycles. The summed E-state index contributed by atoms with van der Waals surface area (Å²) in [6, 6.07) is 6.28. The molecular weight excluding hydrogens is 294 g/mol. The predicted molar refractivity (Wildman–Crippen MR) is 77.0 cm³/mol. The molecule has 1 heterocycles. The fraction of sp³-hybridized carbons (Fsp3) is 0.500. The molecule has 0 radical (unpaired) electrons. The van der Waals surface area contributed by atoms with Gasteiger partial charge in [-0.25, -0.2) is 8.42 Å². The number of sulfone groups is 1. The molecule has 2 rings (SSSR count). The van der Waals surface area contributed by atoms with Gasteiger partial charge in [-0.05, 0) is 31.2 Å². The Labute approximate surface area is 124 Å². The molecule has 0 aliphatic carbocycles. The number of hydrogen-bond acceptors (Lipinski definition) is 5. The molecule has 116 valence electrons. The zero-order chi connectivity index (χ0) is 15.5. The highest BCUT2D eigenvalue weighted by atomic mass is 32.2. The molecule has 7 heteroatoms. The van der Waals surface area contributed by atoms with Crippen molar-refractivity contribution in [3.05, 3.63) is 24.3 Å². The number of methoxy groups -OCH3 is 1. The first kappa shape index (κ1) is 15.8. The Balaban J connectivity index is 1.98. The number of nitrogens with zero attached hydrogens (tertiary/aromatic N) is 1. The lowest BCUT2D eigenvalue weighted by Gasteiger charge is -2.38. The number of benzene rings is 1. The normalized spacial score (nSPS) is 15.6. The first-order chi connectivity index (χ1) is 9.98. The number of likely N-dealkylation sites (tertiary alicyclic amines) is 1. The number of rotatable bonds is 6. The molecule has 0 N–H and O–H groups in total. The Bertz CT molecular complexity index is 590. The van der Waals surface area contributed by atoms with Crippen molar-refractivity contribution in [1.82, 2.24) is 4.90 Å². The SMILES string of the molecule is CCOCC(=O)N1CC(S(=O)(=O)c2ccc(OC)cc2)C1. The van der Waals surface area contributed by atoms with Crippen molar-refractivity contribution in [3.63, 3.8) is 0 Å². The lowest BCUT2D eigenvalue weighted by Crippen LogP contribution is -2.57. The van der Waals surface area contributed by atoms with Crippen LogP contribution in [0.5, 0.6) is 5.75 Å². The van der Waals surface area contributed by atoms with E-state index in [9.17, 15) is 13.2 Å². The van der Waals surface area contributed by atoms with E-state index in [2.05, 4.69) is 0 Å². The highest BCUT2D eigenvalue weighted by molar-refractivity contribution is 7.92. The Morgan fingerprint density at radius 3 is 2.43 bits per heavy atom. The van der Waals surface area contributed by atoms with Gasteiger partial charge in [0.15, 0.2) is 9.84 Å². The van der Waals surface area contributed by atoms with Crippen LogP contribution >= 0.6 is 0 Å². The van der Waals surface area contributed by atoms with Crippen LogP contribution in [0.2, 0.25) is 0 Å². The van der Waals surface area contributed by atoms with Gasteiger partial charge in [0, 0.05) is 19.7 Å². The zero-order valence-corrected chi connectivity index (χ0v) is 12.9. The summed E-state index contributed by atoms with van der Waals surface area (Å²) in [6.07, 6.45) is 0. The first-order valence-corrected chi connectivity index (χ1v) is 8.27. The highest BCUT2D eigenvalue weighted by Crippen LogP contribution is 2.25. The lowest BCUT2D eigenvalue weighted by atomic mass is 10.2. The average Bonchev–Trinajstić information content (AvgIpc) is 2.43. The number of amides is 1. The molecular formula is C14H19NO5S. The molecule has 6 nitrogen and oxygen atoms in total. The van der Waals surface area contributed by atoms with E-state index < -0.39 is 15.1 Å². The second-order valence-electron chi connectivity index (χ2n) is 4.78. The van der Waals surface area contributed by atoms with Gasteiger partial charge in [-0.1, -0.05) is 0 Å². The third kappa shape index (κ3) is 3.36. The van der Waals surface area contributed by atoms with E-state index in [4.69, 9.17) is 9.47 Å². The Hall–Kier alpha value is -1.60. The monoisotopic (exact) mass is 313 g/mol. The van der Waals surface area contributed by atoms with Crippen LogP contribution in [-0.4, -0.2) is 57.9 Å². The van der Waals surface area contributed by atoms with Crippen LogP contribution in [0.4, 0.5) is 0 Å². The van der Waals surface area contributed by atoms with Gasteiger partial charge in [-0.15, -0.1) is 0 Å². The summed E-state index contributed by atoms with van der Waals surface area (Å²) in [5.41, 5.74) is 0. The summed E-state index contributed by atoms with van der Waals surface area (Å²) in [5, 5.41) is -0.545. The van der Waals surface area contributed by atoms with E-state index in [1.807, 2.05) is 0 Å². The number of hydrogen-bond donors (Lipinski definition) is 0. The summed E-state index contributed by atoms with van der Waals surface area (Å²) in [7, 11) is -1.88. The van der Waals surface area contributed by atoms with E-state index in [1.165, 1.54) is 24.1 Å². The summed E-state index contributed by atoms with van der Waals surface area (Å²) in [4.78, 5) is 13.4. The van der Waals surface area contributed by atoms with Gasteiger partial charge in [0.1, 0.15) is 17.6 Å². The molecule has 0 bridgehead atoms. The van der Waals surface area contributed by atoms with Crippen molar-refractivity contribution in [3.8, 4) is 5.75 Å². The van der Waals surface area contributed by atoms with Gasteiger partial charge >= 0.3 is 0 Å². The fourth-order valence-electron chi connectivity index (χ4n) is 2.08.